The normalized spacial score (nSPS) is 10.9. The summed E-state index contributed by atoms with van der Waals surface area (Å²) in [7, 11) is 0. The molecule has 0 aliphatic heterocycles. The molecule has 0 bridgehead atoms. The Morgan fingerprint density at radius 1 is 1.27 bits per heavy atom. The van der Waals surface area contributed by atoms with Crippen LogP contribution in [-0.2, 0) is 0 Å². The Bertz CT molecular complexity index is 745. The average molecular weight is 466 g/mol. The first-order valence-corrected chi connectivity index (χ1v) is 8.42. The molecule has 0 amide bonds. The van der Waals surface area contributed by atoms with Gasteiger partial charge in [-0.3, -0.25) is 0 Å². The minimum atomic E-state index is 0.424. The molecule has 0 aliphatic rings. The second kappa shape index (κ2) is 8.16. The van der Waals surface area contributed by atoms with Crippen LogP contribution >= 0.6 is 38.5 Å². The van der Waals surface area contributed by atoms with Crippen molar-refractivity contribution in [3.05, 3.63) is 74.3 Å². The molecule has 0 aliphatic carbocycles. The van der Waals surface area contributed by atoms with Crippen LogP contribution in [-0.4, -0.2) is 6.61 Å². The summed E-state index contributed by atoms with van der Waals surface area (Å²) in [6.45, 7) is 4.08. The van der Waals surface area contributed by atoms with Gasteiger partial charge in [0.2, 0.25) is 0 Å². The molecule has 0 spiro atoms. The number of nitrogens with zero attached hydrogens (tertiary/aromatic N) is 1. The van der Waals surface area contributed by atoms with Crippen LogP contribution in [0.4, 0.5) is 0 Å². The van der Waals surface area contributed by atoms with Gasteiger partial charge >= 0.3 is 0 Å². The molecule has 0 saturated heterocycles. The van der Waals surface area contributed by atoms with Crippen LogP contribution in [0.2, 0.25) is 0 Å². The molecule has 22 heavy (non-hydrogen) atoms. The summed E-state index contributed by atoms with van der Waals surface area (Å²) in [6, 6.07) is 15.8. The van der Waals surface area contributed by atoms with Crippen LogP contribution in [0.25, 0.3) is 11.6 Å². The van der Waals surface area contributed by atoms with E-state index in [9.17, 15) is 5.26 Å². The van der Waals surface area contributed by atoms with E-state index in [1.54, 1.807) is 6.08 Å². The lowest BCUT2D eigenvalue weighted by molar-refractivity contribution is 0.362. The maximum absolute atomic E-state index is 9.46. The van der Waals surface area contributed by atoms with Gasteiger partial charge in [0, 0.05) is 13.6 Å². The Morgan fingerprint density at radius 3 is 2.64 bits per heavy atom. The Kier molecular flexibility index (Phi) is 6.22. The topological polar surface area (TPSA) is 33.0 Å². The molecule has 0 saturated carbocycles. The maximum Gasteiger partial charge on any atom is 0.127 e. The number of benzene rings is 2. The van der Waals surface area contributed by atoms with Gasteiger partial charge < -0.3 is 4.74 Å². The van der Waals surface area contributed by atoms with Crippen molar-refractivity contribution < 1.29 is 4.74 Å². The molecule has 110 valence electrons. The van der Waals surface area contributed by atoms with Gasteiger partial charge in [-0.05, 0) is 64.6 Å². The van der Waals surface area contributed by atoms with Gasteiger partial charge in [0.05, 0.1) is 11.6 Å². The summed E-state index contributed by atoms with van der Waals surface area (Å²) in [6.07, 6.45) is 3.53. The standard InChI is InChI=1S/C18H13BrINO/c1-2-9-22-18-8-5-16(19)11-14(18)10-15(12-21)13-3-6-17(20)7-4-13/h2-8,10-11H,1,9H2/b15-10-. The van der Waals surface area contributed by atoms with Crippen molar-refractivity contribution in [3.8, 4) is 11.8 Å². The van der Waals surface area contributed by atoms with Crippen LogP contribution in [0.1, 0.15) is 11.1 Å². The Morgan fingerprint density at radius 2 is 2.00 bits per heavy atom. The highest BCUT2D eigenvalue weighted by Gasteiger charge is 2.06. The average Bonchev–Trinajstić information content (AvgIpc) is 2.53. The number of allylic oxidation sites excluding steroid dienone is 1. The van der Waals surface area contributed by atoms with Gasteiger partial charge in [-0.25, -0.2) is 0 Å². The predicted molar refractivity (Wildman–Crippen MR) is 102 cm³/mol. The lowest BCUT2D eigenvalue weighted by atomic mass is 10.0. The van der Waals surface area contributed by atoms with E-state index in [0.29, 0.717) is 12.2 Å². The van der Waals surface area contributed by atoms with Gasteiger partial charge in [0.1, 0.15) is 12.4 Å². The molecular weight excluding hydrogens is 453 g/mol. The summed E-state index contributed by atoms with van der Waals surface area (Å²) in [5, 5.41) is 9.46. The van der Waals surface area contributed by atoms with Crippen molar-refractivity contribution >= 4 is 50.2 Å². The van der Waals surface area contributed by atoms with Crippen LogP contribution in [0.3, 0.4) is 0 Å². The largest absolute Gasteiger partial charge is 0.489 e. The number of nitriles is 1. The summed E-state index contributed by atoms with van der Waals surface area (Å²) in [5.74, 6) is 0.723. The summed E-state index contributed by atoms with van der Waals surface area (Å²) >= 11 is 5.70. The van der Waals surface area contributed by atoms with Crippen molar-refractivity contribution in [2.24, 2.45) is 0 Å². The first-order valence-electron chi connectivity index (χ1n) is 6.55. The highest BCUT2D eigenvalue weighted by atomic mass is 127. The number of rotatable bonds is 5. The zero-order chi connectivity index (χ0) is 15.9. The van der Waals surface area contributed by atoms with Gasteiger partial charge in [0.25, 0.3) is 0 Å². The van der Waals surface area contributed by atoms with E-state index in [-0.39, 0.29) is 0 Å². The van der Waals surface area contributed by atoms with Gasteiger partial charge in [-0.2, -0.15) is 5.26 Å². The molecular formula is C18H13BrINO. The summed E-state index contributed by atoms with van der Waals surface area (Å²) in [5.41, 5.74) is 2.34. The minimum absolute atomic E-state index is 0.424. The van der Waals surface area contributed by atoms with Gasteiger partial charge in [0.15, 0.2) is 0 Å². The third-order valence-electron chi connectivity index (χ3n) is 2.90. The molecule has 0 heterocycles. The molecule has 2 rings (SSSR count). The quantitative estimate of drug-likeness (QED) is 0.246. The van der Waals surface area contributed by atoms with Crippen molar-refractivity contribution in [1.29, 1.82) is 5.26 Å². The SMILES string of the molecule is C=CCOc1ccc(Br)cc1/C=C(/C#N)c1ccc(I)cc1. The fraction of sp³-hybridized carbons (Fsp3) is 0.0556. The molecule has 2 nitrogen and oxygen atoms in total. The lowest BCUT2D eigenvalue weighted by Gasteiger charge is -2.09. The van der Waals surface area contributed by atoms with Crippen LogP contribution in [0.15, 0.2) is 59.6 Å². The summed E-state index contributed by atoms with van der Waals surface area (Å²) in [4.78, 5) is 0. The Balaban J connectivity index is 2.44. The molecule has 0 aromatic heterocycles. The Labute approximate surface area is 152 Å². The molecule has 4 heteroatoms. The number of halogens is 2. The van der Waals surface area contributed by atoms with Crippen molar-refractivity contribution in [2.75, 3.05) is 6.61 Å². The molecule has 2 aromatic carbocycles. The monoisotopic (exact) mass is 465 g/mol. The van der Waals surface area contributed by atoms with Crippen LogP contribution in [0.5, 0.6) is 5.75 Å². The lowest BCUT2D eigenvalue weighted by Crippen LogP contribution is -1.95. The van der Waals surface area contributed by atoms with Gasteiger partial charge in [-0.15, -0.1) is 0 Å². The first-order chi connectivity index (χ1) is 10.6. The van der Waals surface area contributed by atoms with Crippen molar-refractivity contribution in [1.82, 2.24) is 0 Å². The number of ether oxygens (including phenoxy) is 1. The van der Waals surface area contributed by atoms with E-state index < -0.39 is 0 Å². The molecule has 2 aromatic rings. The first kappa shape index (κ1) is 16.8. The van der Waals surface area contributed by atoms with E-state index in [4.69, 9.17) is 4.74 Å². The van der Waals surface area contributed by atoms with Crippen LogP contribution in [0, 0.1) is 14.9 Å². The minimum Gasteiger partial charge on any atom is -0.489 e. The van der Waals surface area contributed by atoms with E-state index in [1.807, 2.05) is 48.5 Å². The third-order valence-corrected chi connectivity index (χ3v) is 4.12. The van der Waals surface area contributed by atoms with Crippen molar-refractivity contribution in [2.45, 2.75) is 0 Å². The van der Waals surface area contributed by atoms with E-state index in [2.05, 4.69) is 51.2 Å². The smallest absolute Gasteiger partial charge is 0.127 e. The molecule has 0 radical (unpaired) electrons. The van der Waals surface area contributed by atoms with Gasteiger partial charge in [-0.1, -0.05) is 40.7 Å². The molecule has 0 fully saturated rings. The zero-order valence-electron chi connectivity index (χ0n) is 11.7. The number of hydrogen-bond acceptors (Lipinski definition) is 2. The fourth-order valence-corrected chi connectivity index (χ4v) is 2.62. The molecule has 0 unspecified atom stereocenters. The zero-order valence-corrected chi connectivity index (χ0v) is 15.5. The number of hydrogen-bond donors (Lipinski definition) is 0. The maximum atomic E-state index is 9.46. The fourth-order valence-electron chi connectivity index (χ4n) is 1.88. The molecule has 0 atom stereocenters. The molecule has 0 N–H and O–H groups in total. The summed E-state index contributed by atoms with van der Waals surface area (Å²) < 4.78 is 7.72. The van der Waals surface area contributed by atoms with E-state index in [0.717, 1.165) is 24.9 Å². The second-order valence-corrected chi connectivity index (χ2v) is 6.62. The highest BCUT2D eigenvalue weighted by molar-refractivity contribution is 14.1. The van der Waals surface area contributed by atoms with E-state index >= 15 is 0 Å². The predicted octanol–water partition coefficient (Wildman–Crippen LogP) is 5.68. The third kappa shape index (κ3) is 4.46. The second-order valence-electron chi connectivity index (χ2n) is 4.46. The van der Waals surface area contributed by atoms with Crippen molar-refractivity contribution in [3.63, 3.8) is 0 Å². The van der Waals surface area contributed by atoms with E-state index in [1.165, 1.54) is 0 Å². The Hall–Kier alpha value is -1.58. The highest BCUT2D eigenvalue weighted by Crippen LogP contribution is 2.28. The van der Waals surface area contributed by atoms with Crippen LogP contribution < -0.4 is 4.74 Å².